The van der Waals surface area contributed by atoms with E-state index in [1.165, 1.54) is 16.7 Å². The van der Waals surface area contributed by atoms with E-state index in [4.69, 9.17) is 9.47 Å². The number of hydrogen-bond acceptors (Lipinski definition) is 5. The maximum Gasteiger partial charge on any atom is 0.313 e. The van der Waals surface area contributed by atoms with Gasteiger partial charge in [-0.2, -0.15) is 0 Å². The zero-order chi connectivity index (χ0) is 26.3. The van der Waals surface area contributed by atoms with Crippen LogP contribution < -0.4 is 0 Å². The molecule has 2 saturated heterocycles. The van der Waals surface area contributed by atoms with Crippen molar-refractivity contribution in [3.63, 3.8) is 0 Å². The molecule has 2 aliphatic heterocycles. The summed E-state index contributed by atoms with van der Waals surface area (Å²) in [6.45, 7) is 14.8. The Morgan fingerprint density at radius 2 is 1.81 bits per heavy atom. The van der Waals surface area contributed by atoms with Crippen molar-refractivity contribution in [2.45, 2.75) is 97.2 Å². The van der Waals surface area contributed by atoms with Crippen molar-refractivity contribution in [3.05, 3.63) is 36.0 Å². The number of carbonyl (C=O) groups is 3. The average molecular weight is 507 g/mol. The molecule has 3 saturated carbocycles. The largest absolute Gasteiger partial charge is 0.461 e. The Bertz CT molecular complexity index is 1100. The lowest BCUT2D eigenvalue weighted by Gasteiger charge is -2.51. The van der Waals surface area contributed by atoms with Crippen molar-refractivity contribution in [2.24, 2.45) is 46.3 Å². The monoisotopic (exact) mass is 506 g/mol. The molecule has 1 unspecified atom stereocenters. The molecule has 2 heterocycles. The van der Waals surface area contributed by atoms with Crippen LogP contribution in [0.1, 0.15) is 85.0 Å². The van der Waals surface area contributed by atoms with Gasteiger partial charge in [-0.25, -0.2) is 0 Å². The molecular weight excluding hydrogens is 464 g/mol. The second kappa shape index (κ2) is 8.68. The van der Waals surface area contributed by atoms with Gasteiger partial charge in [0.2, 0.25) is 0 Å². The number of allylic oxidation sites excluding steroid dienone is 2. The maximum absolute atomic E-state index is 13.9. The molecule has 5 fully saturated rings. The summed E-state index contributed by atoms with van der Waals surface area (Å²) in [6.07, 6.45) is 10.1. The fourth-order valence-corrected chi connectivity index (χ4v) is 9.84. The zero-order valence-corrected chi connectivity index (χ0v) is 22.7. The molecule has 0 aromatic rings. The highest BCUT2D eigenvalue weighted by atomic mass is 16.6. The Labute approximate surface area is 221 Å². The number of hydrogen-bond donors (Lipinski definition) is 0. The van der Waals surface area contributed by atoms with Gasteiger partial charge in [0.15, 0.2) is 0 Å². The molecule has 0 radical (unpaired) electrons. The Kier molecular flexibility index (Phi) is 5.89. The summed E-state index contributed by atoms with van der Waals surface area (Å²) >= 11 is 0. The number of fused-ring (bicyclic) bond motifs is 6. The van der Waals surface area contributed by atoms with Crippen LogP contribution >= 0.6 is 0 Å². The molecule has 6 rings (SSSR count). The minimum absolute atomic E-state index is 0.0109. The number of esters is 2. The third-order valence-electron chi connectivity index (χ3n) is 11.5. The molecule has 0 spiro atoms. The quantitative estimate of drug-likeness (QED) is 0.339. The first-order chi connectivity index (χ1) is 17.6. The number of ether oxygens (including phenoxy) is 2. The van der Waals surface area contributed by atoms with E-state index in [-0.39, 0.29) is 65.4 Å². The van der Waals surface area contributed by atoms with Crippen molar-refractivity contribution in [1.82, 2.24) is 0 Å². The molecule has 37 heavy (non-hydrogen) atoms. The highest BCUT2D eigenvalue weighted by molar-refractivity contribution is 5.88. The highest BCUT2D eigenvalue weighted by Crippen LogP contribution is 2.63. The van der Waals surface area contributed by atoms with Gasteiger partial charge in [-0.05, 0) is 83.0 Å². The number of carbonyl (C=O) groups excluding carboxylic acids is 3. The van der Waals surface area contributed by atoms with Crippen molar-refractivity contribution < 1.29 is 23.9 Å². The smallest absolute Gasteiger partial charge is 0.313 e. The second-order valence-corrected chi connectivity index (χ2v) is 13.6. The van der Waals surface area contributed by atoms with Crippen LogP contribution in [0.2, 0.25) is 0 Å². The van der Waals surface area contributed by atoms with Gasteiger partial charge in [-0.15, -0.1) is 0 Å². The van der Waals surface area contributed by atoms with Crippen molar-refractivity contribution in [2.75, 3.05) is 0 Å². The molecule has 0 amide bonds. The van der Waals surface area contributed by atoms with Crippen LogP contribution in [0.25, 0.3) is 0 Å². The first-order valence-corrected chi connectivity index (χ1v) is 14.5. The van der Waals surface area contributed by atoms with Crippen LogP contribution in [0.4, 0.5) is 0 Å². The van der Waals surface area contributed by atoms with Gasteiger partial charge in [-0.1, -0.05) is 42.9 Å². The molecule has 200 valence electrons. The van der Waals surface area contributed by atoms with Crippen molar-refractivity contribution >= 4 is 17.7 Å². The third kappa shape index (κ3) is 3.66. The van der Waals surface area contributed by atoms with E-state index in [2.05, 4.69) is 33.1 Å². The Balaban J connectivity index is 1.35. The van der Waals surface area contributed by atoms with Gasteiger partial charge in [0.05, 0.1) is 11.3 Å². The van der Waals surface area contributed by atoms with Gasteiger partial charge >= 0.3 is 11.9 Å². The van der Waals surface area contributed by atoms with Gasteiger partial charge in [0.25, 0.3) is 0 Å². The lowest BCUT2D eigenvalue weighted by atomic mass is 9.52. The molecule has 0 N–H and O–H groups in total. The lowest BCUT2D eigenvalue weighted by molar-refractivity contribution is -0.154. The summed E-state index contributed by atoms with van der Waals surface area (Å²) in [6, 6.07) is 0. The van der Waals surface area contributed by atoms with E-state index in [0.29, 0.717) is 12.3 Å². The van der Waals surface area contributed by atoms with E-state index in [0.717, 1.165) is 51.4 Å². The number of ketones is 1. The first-order valence-electron chi connectivity index (χ1n) is 14.5. The SMILES string of the molecule is C=C1CC[C@H]2C(=C)CC[C@@H]3[C@H](OC(=O)[C@H]3C[C@@]3(CC(C)=O)C(=O)O[C@@H]4[C@H]5C(C)=CCCC5(C)CC[C@H]43)[C@@H]12. The van der Waals surface area contributed by atoms with Crippen LogP contribution in [-0.2, 0) is 23.9 Å². The van der Waals surface area contributed by atoms with Crippen LogP contribution in [0.3, 0.4) is 0 Å². The van der Waals surface area contributed by atoms with E-state index < -0.39 is 11.3 Å². The van der Waals surface area contributed by atoms with Gasteiger partial charge in [0, 0.05) is 30.1 Å². The summed E-state index contributed by atoms with van der Waals surface area (Å²) in [5.74, 6) is -0.253. The molecular formula is C32H42O5. The highest BCUT2D eigenvalue weighted by Gasteiger charge is 2.66. The van der Waals surface area contributed by atoms with Crippen molar-refractivity contribution in [1.29, 1.82) is 0 Å². The minimum Gasteiger partial charge on any atom is -0.461 e. The fourth-order valence-electron chi connectivity index (χ4n) is 9.84. The van der Waals surface area contributed by atoms with E-state index in [1.54, 1.807) is 6.92 Å². The zero-order valence-electron chi connectivity index (χ0n) is 22.7. The van der Waals surface area contributed by atoms with Gasteiger partial charge in [0.1, 0.15) is 18.0 Å². The summed E-state index contributed by atoms with van der Waals surface area (Å²) < 4.78 is 12.4. The molecule has 0 aromatic carbocycles. The van der Waals surface area contributed by atoms with Crippen LogP contribution in [0.15, 0.2) is 36.0 Å². The molecule has 10 atom stereocenters. The minimum atomic E-state index is -0.955. The van der Waals surface area contributed by atoms with Crippen LogP contribution in [-0.4, -0.2) is 29.9 Å². The third-order valence-corrected chi connectivity index (χ3v) is 11.5. The average Bonchev–Trinajstić information content (AvgIpc) is 3.40. The van der Waals surface area contributed by atoms with Crippen molar-refractivity contribution in [3.8, 4) is 0 Å². The lowest BCUT2D eigenvalue weighted by Crippen LogP contribution is -2.49. The number of Topliss-reactive ketones (excluding diaryl/α,β-unsaturated/α-hetero) is 1. The normalized spacial score (nSPS) is 46.7. The second-order valence-electron chi connectivity index (χ2n) is 13.6. The predicted octanol–water partition coefficient (Wildman–Crippen LogP) is 6.13. The first kappa shape index (κ1) is 25.1. The Hall–Kier alpha value is -2.17. The summed E-state index contributed by atoms with van der Waals surface area (Å²) in [7, 11) is 0. The van der Waals surface area contributed by atoms with Crippen LogP contribution in [0.5, 0.6) is 0 Å². The van der Waals surface area contributed by atoms with Gasteiger partial charge in [-0.3, -0.25) is 14.4 Å². The molecule has 4 aliphatic carbocycles. The molecule has 5 heteroatoms. The van der Waals surface area contributed by atoms with E-state index in [9.17, 15) is 14.4 Å². The molecule has 0 bridgehead atoms. The number of rotatable bonds is 4. The van der Waals surface area contributed by atoms with E-state index >= 15 is 0 Å². The Morgan fingerprint density at radius 1 is 1.05 bits per heavy atom. The molecule has 0 aromatic heterocycles. The molecule has 6 aliphatic rings. The molecule has 5 nitrogen and oxygen atoms in total. The summed E-state index contributed by atoms with van der Waals surface area (Å²) in [4.78, 5) is 40.1. The van der Waals surface area contributed by atoms with Crippen LogP contribution in [0, 0.1) is 46.3 Å². The topological polar surface area (TPSA) is 69.7 Å². The van der Waals surface area contributed by atoms with Gasteiger partial charge < -0.3 is 9.47 Å². The summed E-state index contributed by atoms with van der Waals surface area (Å²) in [5, 5.41) is 0. The standard InChI is InChI=1S/C32H42O5/c1-17-8-11-22-23(29(34)36-27(22)25-18(2)9-10-21(17)25)16-32(15-20(4)33)24-12-14-31(5)13-6-7-19(3)26(31)28(24)37-30(32)35/h7,21-28H,1-2,6,8-16H2,3-5H3/t21-,22-,23-,24+,25-,26+,27-,28-,31?,32+/m0/s1. The predicted molar refractivity (Wildman–Crippen MR) is 140 cm³/mol. The summed E-state index contributed by atoms with van der Waals surface area (Å²) in [5.41, 5.74) is 2.88. The fraction of sp³-hybridized carbons (Fsp3) is 0.719. The van der Waals surface area contributed by atoms with E-state index in [1.807, 2.05) is 0 Å². The maximum atomic E-state index is 13.9. The Morgan fingerprint density at radius 3 is 2.57 bits per heavy atom.